The second kappa shape index (κ2) is 10.3. The number of nitrogens with zero attached hydrogens (tertiary/aromatic N) is 3. The highest BCUT2D eigenvalue weighted by Gasteiger charge is 2.29. The lowest BCUT2D eigenvalue weighted by Crippen LogP contribution is -2.38. The third-order valence-corrected chi connectivity index (χ3v) is 6.18. The Bertz CT molecular complexity index is 1210. The van der Waals surface area contributed by atoms with Crippen LogP contribution in [0.2, 0.25) is 0 Å². The third kappa shape index (κ3) is 5.51. The first-order valence-corrected chi connectivity index (χ1v) is 11.9. The molecular formula is C26H33N7O2. The van der Waals surface area contributed by atoms with Gasteiger partial charge in [0.15, 0.2) is 5.82 Å². The first-order chi connectivity index (χ1) is 16.8. The maximum absolute atomic E-state index is 12.6. The molecule has 1 heterocycles. The van der Waals surface area contributed by atoms with E-state index < -0.39 is 0 Å². The average Bonchev–Trinajstić information content (AvgIpc) is 3.61. The van der Waals surface area contributed by atoms with Gasteiger partial charge in [0.25, 0.3) is 5.91 Å². The van der Waals surface area contributed by atoms with Crippen LogP contribution < -0.4 is 16.4 Å². The molecule has 6 N–H and O–H groups in total. The van der Waals surface area contributed by atoms with Crippen LogP contribution in [-0.2, 0) is 7.05 Å². The number of nitrogens with one attached hydrogen (secondary N) is 3. The minimum absolute atomic E-state index is 0.0899. The quantitative estimate of drug-likeness (QED) is 0.223. The van der Waals surface area contributed by atoms with Crippen molar-refractivity contribution in [2.24, 2.45) is 13.0 Å². The molecule has 1 amide bonds. The van der Waals surface area contributed by atoms with Gasteiger partial charge in [0.1, 0.15) is 0 Å². The fourth-order valence-electron chi connectivity index (χ4n) is 4.26. The Balaban J connectivity index is 1.51. The van der Waals surface area contributed by atoms with Gasteiger partial charge in [0.05, 0.1) is 12.6 Å². The molecule has 9 heteroatoms. The molecule has 1 aromatic heterocycles. The molecule has 184 valence electrons. The Morgan fingerprint density at radius 2 is 1.97 bits per heavy atom. The second-order valence-corrected chi connectivity index (χ2v) is 9.52. The van der Waals surface area contributed by atoms with Crippen LogP contribution in [0, 0.1) is 11.3 Å². The molecule has 0 aliphatic heterocycles. The van der Waals surface area contributed by atoms with E-state index in [9.17, 15) is 9.90 Å². The van der Waals surface area contributed by atoms with Crippen molar-refractivity contribution in [3.63, 3.8) is 0 Å². The molecule has 0 spiro atoms. The van der Waals surface area contributed by atoms with Gasteiger partial charge in [-0.1, -0.05) is 26.0 Å². The molecule has 1 fully saturated rings. The minimum atomic E-state index is -0.268. The van der Waals surface area contributed by atoms with Gasteiger partial charge in [-0.3, -0.25) is 4.79 Å². The predicted molar refractivity (Wildman–Crippen MR) is 138 cm³/mol. The van der Waals surface area contributed by atoms with Gasteiger partial charge in [0.2, 0.25) is 5.95 Å². The monoisotopic (exact) mass is 475 g/mol. The largest absolute Gasteiger partial charge is 0.398 e. The third-order valence-electron chi connectivity index (χ3n) is 6.18. The highest BCUT2D eigenvalue weighted by Crippen LogP contribution is 2.46. The number of aryl methyl sites for hydroxylation is 1. The molecule has 3 aromatic rings. The summed E-state index contributed by atoms with van der Waals surface area (Å²) in [6, 6.07) is 10.6. The topological polar surface area (TPSA) is 142 Å². The first kappa shape index (κ1) is 24.4. The van der Waals surface area contributed by atoms with Gasteiger partial charge < -0.3 is 26.9 Å². The Hall–Kier alpha value is -3.72. The summed E-state index contributed by atoms with van der Waals surface area (Å²) in [6.45, 7) is 4.02. The molecule has 0 bridgehead atoms. The summed E-state index contributed by atoms with van der Waals surface area (Å²) in [7, 11) is 1.82. The van der Waals surface area contributed by atoms with Crippen molar-refractivity contribution in [2.75, 3.05) is 17.7 Å². The SMILES string of the molecule is CC(C)C[C@@H](CO)NC(=O)c1ccc(-c2nc(Nc3ccc(N)c(C=N)c3C3CC3)n(C)n2)cc1. The molecule has 9 nitrogen and oxygen atoms in total. The maximum atomic E-state index is 12.6. The number of aliphatic hydroxyl groups is 1. The lowest BCUT2D eigenvalue weighted by molar-refractivity contribution is 0.0908. The molecule has 2 aromatic carbocycles. The average molecular weight is 476 g/mol. The van der Waals surface area contributed by atoms with Crippen molar-refractivity contribution in [1.82, 2.24) is 20.1 Å². The smallest absolute Gasteiger partial charge is 0.251 e. The summed E-state index contributed by atoms with van der Waals surface area (Å²) in [5.74, 6) is 1.66. The molecule has 0 radical (unpaired) electrons. The number of rotatable bonds is 10. The zero-order valence-electron chi connectivity index (χ0n) is 20.4. The van der Waals surface area contributed by atoms with E-state index in [-0.39, 0.29) is 18.6 Å². The van der Waals surface area contributed by atoms with Crippen LogP contribution in [0.4, 0.5) is 17.3 Å². The number of aliphatic hydroxyl groups excluding tert-OH is 1. The summed E-state index contributed by atoms with van der Waals surface area (Å²) in [5.41, 5.74) is 10.7. The number of carbonyl (C=O) groups excluding carboxylic acids is 1. The van der Waals surface area contributed by atoms with Crippen LogP contribution in [0.5, 0.6) is 0 Å². The van der Waals surface area contributed by atoms with Crippen molar-refractivity contribution >= 4 is 29.4 Å². The van der Waals surface area contributed by atoms with Crippen molar-refractivity contribution in [3.05, 3.63) is 53.1 Å². The zero-order valence-corrected chi connectivity index (χ0v) is 20.4. The summed E-state index contributed by atoms with van der Waals surface area (Å²) >= 11 is 0. The lowest BCUT2D eigenvalue weighted by Gasteiger charge is -2.18. The van der Waals surface area contributed by atoms with Gasteiger partial charge in [-0.05, 0) is 60.9 Å². The number of anilines is 3. The number of hydrogen-bond acceptors (Lipinski definition) is 7. The van der Waals surface area contributed by atoms with Crippen molar-refractivity contribution in [1.29, 1.82) is 5.41 Å². The number of amides is 1. The molecule has 1 saturated carbocycles. The van der Waals surface area contributed by atoms with Gasteiger partial charge in [-0.15, -0.1) is 5.10 Å². The molecule has 35 heavy (non-hydrogen) atoms. The normalized spacial score (nSPS) is 14.1. The van der Waals surface area contributed by atoms with Gasteiger partial charge in [0, 0.05) is 41.3 Å². The molecular weight excluding hydrogens is 442 g/mol. The van der Waals surface area contributed by atoms with Crippen LogP contribution in [0.15, 0.2) is 36.4 Å². The number of aromatic nitrogens is 3. The molecule has 1 aliphatic carbocycles. The van der Waals surface area contributed by atoms with Crippen LogP contribution in [0.3, 0.4) is 0 Å². The van der Waals surface area contributed by atoms with E-state index in [1.165, 1.54) is 6.21 Å². The highest BCUT2D eigenvalue weighted by atomic mass is 16.3. The van der Waals surface area contributed by atoms with E-state index in [4.69, 9.17) is 11.1 Å². The van der Waals surface area contributed by atoms with Crippen molar-refractivity contribution < 1.29 is 9.90 Å². The number of benzene rings is 2. The first-order valence-electron chi connectivity index (χ1n) is 11.9. The number of carbonyl (C=O) groups is 1. The van der Waals surface area contributed by atoms with Crippen LogP contribution in [0.25, 0.3) is 11.4 Å². The van der Waals surface area contributed by atoms with Crippen LogP contribution in [0.1, 0.15) is 60.5 Å². The number of nitrogen functional groups attached to an aromatic ring is 1. The Morgan fingerprint density at radius 3 is 2.57 bits per heavy atom. The highest BCUT2D eigenvalue weighted by molar-refractivity contribution is 5.95. The fourth-order valence-corrected chi connectivity index (χ4v) is 4.26. The lowest BCUT2D eigenvalue weighted by atomic mass is 10.00. The summed E-state index contributed by atoms with van der Waals surface area (Å²) < 4.78 is 1.67. The van der Waals surface area contributed by atoms with E-state index >= 15 is 0 Å². The van der Waals surface area contributed by atoms with Crippen LogP contribution >= 0.6 is 0 Å². The molecule has 1 atom stereocenters. The molecule has 4 rings (SSSR count). The molecule has 1 aliphatic rings. The number of nitrogens with two attached hydrogens (primary N) is 1. The van der Waals surface area contributed by atoms with Crippen molar-refractivity contribution in [2.45, 2.75) is 45.1 Å². The Kier molecular flexibility index (Phi) is 7.16. The van der Waals surface area contributed by atoms with Gasteiger partial charge in [-0.25, -0.2) is 4.68 Å². The van der Waals surface area contributed by atoms with Crippen LogP contribution in [-0.4, -0.2) is 44.6 Å². The molecule has 0 saturated heterocycles. The summed E-state index contributed by atoms with van der Waals surface area (Å²) in [5, 5.41) is 28.1. The Morgan fingerprint density at radius 1 is 1.26 bits per heavy atom. The van der Waals surface area contributed by atoms with E-state index in [1.807, 2.05) is 25.2 Å². The maximum Gasteiger partial charge on any atom is 0.251 e. The minimum Gasteiger partial charge on any atom is -0.398 e. The standard InChI is InChI=1S/C26H33N7O2/c1-15(2)12-19(14-34)29-25(35)18-8-6-17(7-9-18)24-31-26(33(3)32-24)30-22-11-10-21(28)20(13-27)23(22)16-4-5-16/h6-11,13,15-16,19,27,34H,4-5,12,14,28H2,1-3H3,(H,29,35)(H,30,31,32)/t19-/m0/s1. The van der Waals surface area contributed by atoms with E-state index in [1.54, 1.807) is 22.9 Å². The number of hydrogen-bond donors (Lipinski definition) is 5. The second-order valence-electron chi connectivity index (χ2n) is 9.52. The summed E-state index contributed by atoms with van der Waals surface area (Å²) in [6.07, 6.45) is 4.20. The van der Waals surface area contributed by atoms with E-state index in [0.717, 1.165) is 35.2 Å². The van der Waals surface area contributed by atoms with E-state index in [0.29, 0.717) is 41.3 Å². The zero-order chi connectivity index (χ0) is 25.1. The summed E-state index contributed by atoms with van der Waals surface area (Å²) in [4.78, 5) is 17.2. The predicted octanol–water partition coefficient (Wildman–Crippen LogP) is 3.82. The Labute approximate surface area is 205 Å². The molecule has 0 unspecified atom stereocenters. The van der Waals surface area contributed by atoms with Gasteiger partial charge in [-0.2, -0.15) is 4.98 Å². The fraction of sp³-hybridized carbons (Fsp3) is 0.385. The van der Waals surface area contributed by atoms with Crippen molar-refractivity contribution in [3.8, 4) is 11.4 Å². The van der Waals surface area contributed by atoms with Gasteiger partial charge >= 0.3 is 0 Å². The van der Waals surface area contributed by atoms with E-state index in [2.05, 4.69) is 34.6 Å².